The van der Waals surface area contributed by atoms with E-state index in [4.69, 9.17) is 16.3 Å². The van der Waals surface area contributed by atoms with E-state index >= 15 is 0 Å². The first kappa shape index (κ1) is 21.0. The van der Waals surface area contributed by atoms with Gasteiger partial charge < -0.3 is 14.6 Å². The molecule has 152 valence electrons. The summed E-state index contributed by atoms with van der Waals surface area (Å²) in [6.45, 7) is 4.22. The summed E-state index contributed by atoms with van der Waals surface area (Å²) in [5.41, 5.74) is 1.96. The van der Waals surface area contributed by atoms with Crippen molar-refractivity contribution in [3.05, 3.63) is 34.1 Å². The molecule has 1 amide bonds. The Morgan fingerprint density at radius 2 is 1.93 bits per heavy atom. The standard InChI is InChI=1S/C20H27ClN4O2S/c1-13-9-16(10-14(2)19(13)21)27-11-17-23-24-20(25(17)3)28-12-18(26)22-15-7-5-4-6-8-15/h9-10,15H,4-8,11-12H2,1-3H3,(H,22,26). The third-order valence-corrected chi connectivity index (χ3v) is 6.62. The Morgan fingerprint density at radius 1 is 1.25 bits per heavy atom. The number of halogens is 1. The van der Waals surface area contributed by atoms with Crippen LogP contribution in [0.15, 0.2) is 17.3 Å². The second kappa shape index (κ2) is 9.65. The van der Waals surface area contributed by atoms with E-state index < -0.39 is 0 Å². The number of nitrogens with one attached hydrogen (secondary N) is 1. The fraction of sp³-hybridized carbons (Fsp3) is 0.550. The molecule has 6 nitrogen and oxygen atoms in total. The Kier molecular flexibility index (Phi) is 7.24. The summed E-state index contributed by atoms with van der Waals surface area (Å²) in [7, 11) is 1.89. The highest BCUT2D eigenvalue weighted by Crippen LogP contribution is 2.26. The second-order valence-corrected chi connectivity index (χ2v) is 8.63. The van der Waals surface area contributed by atoms with Crippen LogP contribution in [0.1, 0.15) is 49.1 Å². The number of aryl methyl sites for hydroxylation is 2. The number of carbonyl (C=O) groups excluding carboxylic acids is 1. The summed E-state index contributed by atoms with van der Waals surface area (Å²) in [6, 6.07) is 4.16. The third-order valence-electron chi connectivity index (χ3n) is 5.01. The van der Waals surface area contributed by atoms with Gasteiger partial charge in [-0.2, -0.15) is 0 Å². The van der Waals surface area contributed by atoms with Crippen molar-refractivity contribution in [1.82, 2.24) is 20.1 Å². The number of rotatable bonds is 7. The van der Waals surface area contributed by atoms with Gasteiger partial charge in [0.25, 0.3) is 0 Å². The number of nitrogens with zero attached hydrogens (tertiary/aromatic N) is 3. The molecule has 3 rings (SSSR count). The fourth-order valence-corrected chi connectivity index (χ4v) is 4.23. The molecule has 2 aromatic rings. The maximum absolute atomic E-state index is 12.2. The molecule has 28 heavy (non-hydrogen) atoms. The zero-order valence-electron chi connectivity index (χ0n) is 16.6. The SMILES string of the molecule is Cc1cc(OCc2nnc(SCC(=O)NC3CCCCC3)n2C)cc(C)c1Cl. The molecule has 0 bridgehead atoms. The van der Waals surface area contributed by atoms with E-state index in [1.165, 1.54) is 31.0 Å². The lowest BCUT2D eigenvalue weighted by Gasteiger charge is -2.22. The molecule has 1 aromatic carbocycles. The summed E-state index contributed by atoms with van der Waals surface area (Å²) in [6.07, 6.45) is 5.87. The van der Waals surface area contributed by atoms with Crippen molar-refractivity contribution in [1.29, 1.82) is 0 Å². The van der Waals surface area contributed by atoms with Gasteiger partial charge in [-0.25, -0.2) is 0 Å². The third kappa shape index (κ3) is 5.41. The van der Waals surface area contributed by atoms with Crippen LogP contribution in [0.25, 0.3) is 0 Å². The highest BCUT2D eigenvalue weighted by molar-refractivity contribution is 7.99. The van der Waals surface area contributed by atoms with Crippen LogP contribution in [0, 0.1) is 13.8 Å². The summed E-state index contributed by atoms with van der Waals surface area (Å²) >= 11 is 7.60. The van der Waals surface area contributed by atoms with Gasteiger partial charge in [0.2, 0.25) is 5.91 Å². The summed E-state index contributed by atoms with van der Waals surface area (Å²) in [5.74, 6) is 1.87. The average Bonchev–Trinajstić information content (AvgIpc) is 3.03. The van der Waals surface area contributed by atoms with Crippen LogP contribution in [0.4, 0.5) is 0 Å². The Labute approximate surface area is 175 Å². The molecule has 0 saturated heterocycles. The average molecular weight is 423 g/mol. The van der Waals surface area contributed by atoms with E-state index in [0.717, 1.165) is 34.7 Å². The van der Waals surface area contributed by atoms with E-state index in [2.05, 4.69) is 15.5 Å². The number of thioether (sulfide) groups is 1. The van der Waals surface area contributed by atoms with Crippen molar-refractivity contribution >= 4 is 29.3 Å². The topological polar surface area (TPSA) is 69.0 Å². The van der Waals surface area contributed by atoms with Gasteiger partial charge in [-0.3, -0.25) is 4.79 Å². The van der Waals surface area contributed by atoms with Gasteiger partial charge >= 0.3 is 0 Å². The number of hydrogen-bond donors (Lipinski definition) is 1. The van der Waals surface area contributed by atoms with Crippen LogP contribution in [-0.2, 0) is 18.4 Å². The van der Waals surface area contributed by atoms with Crippen LogP contribution < -0.4 is 10.1 Å². The first-order chi connectivity index (χ1) is 13.4. The molecule has 1 fully saturated rings. The number of benzene rings is 1. The van der Waals surface area contributed by atoms with Crippen molar-refractivity contribution in [3.8, 4) is 5.75 Å². The molecule has 1 aromatic heterocycles. The van der Waals surface area contributed by atoms with Gasteiger partial charge in [-0.05, 0) is 49.9 Å². The van der Waals surface area contributed by atoms with E-state index in [1.54, 1.807) is 0 Å². The van der Waals surface area contributed by atoms with Gasteiger partial charge in [-0.15, -0.1) is 10.2 Å². The molecule has 1 aliphatic carbocycles. The molecule has 0 atom stereocenters. The maximum Gasteiger partial charge on any atom is 0.230 e. The lowest BCUT2D eigenvalue weighted by atomic mass is 9.95. The minimum absolute atomic E-state index is 0.0600. The smallest absolute Gasteiger partial charge is 0.230 e. The van der Waals surface area contributed by atoms with Gasteiger partial charge in [0.05, 0.1) is 5.75 Å². The number of amides is 1. The highest BCUT2D eigenvalue weighted by atomic mass is 35.5. The molecule has 1 heterocycles. The van der Waals surface area contributed by atoms with Crippen LogP contribution >= 0.6 is 23.4 Å². The van der Waals surface area contributed by atoms with E-state index in [-0.39, 0.29) is 5.91 Å². The minimum Gasteiger partial charge on any atom is -0.486 e. The van der Waals surface area contributed by atoms with Crippen molar-refractivity contribution in [2.45, 2.75) is 63.8 Å². The molecular weight excluding hydrogens is 396 g/mol. The van der Waals surface area contributed by atoms with Crippen LogP contribution in [0.5, 0.6) is 5.75 Å². The fourth-order valence-electron chi connectivity index (χ4n) is 3.38. The maximum atomic E-state index is 12.2. The number of carbonyl (C=O) groups is 1. The summed E-state index contributed by atoms with van der Waals surface area (Å²) < 4.78 is 7.73. The van der Waals surface area contributed by atoms with Crippen molar-refractivity contribution < 1.29 is 9.53 Å². The monoisotopic (exact) mass is 422 g/mol. The van der Waals surface area contributed by atoms with E-state index in [1.807, 2.05) is 37.6 Å². The molecule has 1 saturated carbocycles. The quantitative estimate of drug-likeness (QED) is 0.677. The first-order valence-corrected chi connectivity index (χ1v) is 11.0. The summed E-state index contributed by atoms with van der Waals surface area (Å²) in [4.78, 5) is 12.2. The van der Waals surface area contributed by atoms with Crippen LogP contribution in [0.3, 0.4) is 0 Å². The van der Waals surface area contributed by atoms with Crippen molar-refractivity contribution in [2.75, 3.05) is 5.75 Å². The normalized spacial score (nSPS) is 14.9. The van der Waals surface area contributed by atoms with E-state index in [0.29, 0.717) is 29.4 Å². The minimum atomic E-state index is 0.0600. The number of hydrogen-bond acceptors (Lipinski definition) is 5. The van der Waals surface area contributed by atoms with E-state index in [9.17, 15) is 4.79 Å². The predicted molar refractivity (Wildman–Crippen MR) is 112 cm³/mol. The molecule has 1 N–H and O–H groups in total. The molecule has 0 unspecified atom stereocenters. The predicted octanol–water partition coefficient (Wildman–Crippen LogP) is 4.21. The van der Waals surface area contributed by atoms with Gasteiger partial charge in [-0.1, -0.05) is 42.6 Å². The Balaban J connectivity index is 1.51. The molecule has 1 aliphatic rings. The summed E-state index contributed by atoms with van der Waals surface area (Å²) in [5, 5.41) is 13.0. The van der Waals surface area contributed by atoms with Crippen LogP contribution in [-0.4, -0.2) is 32.5 Å². The van der Waals surface area contributed by atoms with Gasteiger partial charge in [0, 0.05) is 18.1 Å². The zero-order valence-corrected chi connectivity index (χ0v) is 18.2. The Hall–Kier alpha value is -1.73. The zero-order chi connectivity index (χ0) is 20.1. The van der Waals surface area contributed by atoms with Gasteiger partial charge in [0.1, 0.15) is 12.4 Å². The highest BCUT2D eigenvalue weighted by Gasteiger charge is 2.17. The second-order valence-electron chi connectivity index (χ2n) is 7.31. The largest absolute Gasteiger partial charge is 0.486 e. The Bertz CT molecular complexity index is 811. The molecule has 8 heteroatoms. The molecule has 0 spiro atoms. The lowest BCUT2D eigenvalue weighted by Crippen LogP contribution is -2.37. The van der Waals surface area contributed by atoms with Crippen molar-refractivity contribution in [3.63, 3.8) is 0 Å². The molecular formula is C20H27ClN4O2S. The lowest BCUT2D eigenvalue weighted by molar-refractivity contribution is -0.119. The van der Waals surface area contributed by atoms with Crippen LogP contribution in [0.2, 0.25) is 5.02 Å². The molecule has 0 radical (unpaired) electrons. The number of aromatic nitrogens is 3. The first-order valence-electron chi connectivity index (χ1n) is 9.64. The van der Waals surface area contributed by atoms with Gasteiger partial charge in [0.15, 0.2) is 11.0 Å². The van der Waals surface area contributed by atoms with Crippen molar-refractivity contribution in [2.24, 2.45) is 7.05 Å². The number of ether oxygens (including phenoxy) is 1. The Morgan fingerprint density at radius 3 is 2.61 bits per heavy atom. The molecule has 0 aliphatic heterocycles.